The highest BCUT2D eigenvalue weighted by Crippen LogP contribution is 2.28. The third-order valence-electron chi connectivity index (χ3n) is 4.93. The van der Waals surface area contributed by atoms with Crippen molar-refractivity contribution in [1.29, 1.82) is 0 Å². The molecule has 2 aromatic rings. The zero-order chi connectivity index (χ0) is 18.8. The highest BCUT2D eigenvalue weighted by Gasteiger charge is 2.30. The molecule has 0 aromatic heterocycles. The van der Waals surface area contributed by atoms with E-state index in [2.05, 4.69) is 16.7 Å². The van der Waals surface area contributed by atoms with E-state index in [1.165, 1.54) is 12.1 Å². The number of halogens is 2. The number of para-hydroxylation sites is 1. The minimum Gasteiger partial charge on any atom is -0.489 e. The molecule has 2 aromatic carbocycles. The van der Waals surface area contributed by atoms with Crippen molar-refractivity contribution < 1.29 is 18.3 Å². The van der Waals surface area contributed by atoms with E-state index in [0.29, 0.717) is 31.6 Å². The van der Waals surface area contributed by atoms with E-state index in [1.54, 1.807) is 0 Å². The predicted octanol–water partition coefficient (Wildman–Crippen LogP) is 3.35. The van der Waals surface area contributed by atoms with Crippen LogP contribution >= 0.6 is 0 Å². The third-order valence-corrected chi connectivity index (χ3v) is 4.93. The largest absolute Gasteiger partial charge is 0.489 e. The Morgan fingerprint density at radius 1 is 1.15 bits per heavy atom. The number of carbonyl (C=O) groups is 1. The lowest BCUT2D eigenvalue weighted by atomic mass is 9.91. The van der Waals surface area contributed by atoms with Gasteiger partial charge in [0.05, 0.1) is 6.04 Å². The van der Waals surface area contributed by atoms with Crippen molar-refractivity contribution in [3.05, 3.63) is 70.8 Å². The van der Waals surface area contributed by atoms with Crippen LogP contribution in [0.4, 0.5) is 8.78 Å². The van der Waals surface area contributed by atoms with Crippen LogP contribution in [0.1, 0.15) is 30.0 Å². The summed E-state index contributed by atoms with van der Waals surface area (Å²) in [5.74, 6) is -0.553. The fourth-order valence-electron chi connectivity index (χ4n) is 3.62. The van der Waals surface area contributed by atoms with Gasteiger partial charge in [0.2, 0.25) is 5.91 Å². The first-order chi connectivity index (χ1) is 13.1. The molecule has 1 amide bonds. The van der Waals surface area contributed by atoms with E-state index < -0.39 is 17.7 Å². The molecular weight excluding hydrogens is 350 g/mol. The molecule has 140 valence electrons. The quantitative estimate of drug-likeness (QED) is 0.868. The highest BCUT2D eigenvalue weighted by molar-refractivity contribution is 5.77. The Morgan fingerprint density at radius 2 is 1.93 bits per heavy atom. The Balaban J connectivity index is 1.50. The lowest BCUT2D eigenvalue weighted by Gasteiger charge is -2.34. The Morgan fingerprint density at radius 3 is 2.74 bits per heavy atom. The molecule has 0 bridgehead atoms. The van der Waals surface area contributed by atoms with Crippen molar-refractivity contribution in [2.75, 3.05) is 13.2 Å². The van der Waals surface area contributed by atoms with Gasteiger partial charge in [-0.05, 0) is 41.8 Å². The zero-order valence-corrected chi connectivity index (χ0v) is 14.7. The van der Waals surface area contributed by atoms with Crippen LogP contribution in [0.3, 0.4) is 0 Å². The van der Waals surface area contributed by atoms with Crippen LogP contribution in [-0.4, -0.2) is 25.1 Å². The number of fused-ring (bicyclic) bond motifs is 1. The summed E-state index contributed by atoms with van der Waals surface area (Å²) in [4.78, 5) is 11.8. The molecule has 0 saturated carbocycles. The Bertz CT molecular complexity index is 877. The van der Waals surface area contributed by atoms with Gasteiger partial charge in [-0.1, -0.05) is 18.2 Å². The average Bonchev–Trinajstić information content (AvgIpc) is 2.66. The molecule has 2 atom stereocenters. The monoisotopic (exact) mass is 370 g/mol. The van der Waals surface area contributed by atoms with E-state index in [4.69, 9.17) is 4.74 Å². The van der Waals surface area contributed by atoms with Gasteiger partial charge >= 0.3 is 0 Å². The van der Waals surface area contributed by atoms with Gasteiger partial charge in [-0.15, -0.1) is 0 Å². The molecule has 0 radical (unpaired) electrons. The number of hydrogen-bond acceptors (Lipinski definition) is 3. The van der Waals surface area contributed by atoms with Crippen LogP contribution in [0.25, 0.3) is 6.08 Å². The van der Waals surface area contributed by atoms with Gasteiger partial charge in [0.15, 0.2) is 0 Å². The van der Waals surface area contributed by atoms with Gasteiger partial charge in [-0.3, -0.25) is 4.79 Å². The standard InChI is InChI=1S/C21H20F2N2O2/c22-16-8-15(9-17(23)10-16)21-18(5-6-20(26)25-21)24-11-13-7-14-3-1-2-4-19(14)27-12-13/h1-4,7-10,18,21,24H,5-6,11-12H2,(H,25,26)/t18-,21+/m1/s1. The summed E-state index contributed by atoms with van der Waals surface area (Å²) >= 11 is 0. The number of hydrogen-bond donors (Lipinski definition) is 2. The second kappa shape index (κ2) is 7.48. The molecule has 1 saturated heterocycles. The van der Waals surface area contributed by atoms with Gasteiger partial charge in [-0.2, -0.15) is 0 Å². The first-order valence-electron chi connectivity index (χ1n) is 8.98. The van der Waals surface area contributed by atoms with Crippen molar-refractivity contribution in [1.82, 2.24) is 10.6 Å². The van der Waals surface area contributed by atoms with Gasteiger partial charge in [0.1, 0.15) is 24.0 Å². The van der Waals surface area contributed by atoms with E-state index in [-0.39, 0.29) is 11.9 Å². The van der Waals surface area contributed by atoms with Crippen LogP contribution in [-0.2, 0) is 4.79 Å². The van der Waals surface area contributed by atoms with E-state index >= 15 is 0 Å². The number of rotatable bonds is 4. The number of ether oxygens (including phenoxy) is 1. The minimum atomic E-state index is -0.649. The molecule has 2 heterocycles. The maximum absolute atomic E-state index is 13.6. The molecule has 0 unspecified atom stereocenters. The molecule has 0 spiro atoms. The SMILES string of the molecule is O=C1CC[C@@H](NCC2=Cc3ccccc3OC2)[C@H](c2cc(F)cc(F)c2)N1. The zero-order valence-electron chi connectivity index (χ0n) is 14.7. The highest BCUT2D eigenvalue weighted by atomic mass is 19.1. The van der Waals surface area contributed by atoms with Crippen molar-refractivity contribution in [2.24, 2.45) is 0 Å². The normalized spacial score (nSPS) is 21.7. The van der Waals surface area contributed by atoms with Crippen LogP contribution in [0.15, 0.2) is 48.0 Å². The fourth-order valence-corrected chi connectivity index (χ4v) is 3.62. The molecule has 4 rings (SSSR count). The lowest BCUT2D eigenvalue weighted by Crippen LogP contribution is -2.49. The molecule has 2 aliphatic rings. The summed E-state index contributed by atoms with van der Waals surface area (Å²) in [5.41, 5.74) is 2.54. The van der Waals surface area contributed by atoms with Crippen molar-refractivity contribution in [3.63, 3.8) is 0 Å². The number of benzene rings is 2. The van der Waals surface area contributed by atoms with Crippen LogP contribution in [0, 0.1) is 11.6 Å². The van der Waals surface area contributed by atoms with Crippen molar-refractivity contribution in [2.45, 2.75) is 24.9 Å². The summed E-state index contributed by atoms with van der Waals surface area (Å²) < 4.78 is 33.0. The number of carbonyl (C=O) groups excluding carboxylic acids is 1. The average molecular weight is 370 g/mol. The first-order valence-corrected chi connectivity index (χ1v) is 8.98. The molecule has 1 fully saturated rings. The molecule has 2 aliphatic heterocycles. The van der Waals surface area contributed by atoms with Gasteiger partial charge in [0, 0.05) is 30.6 Å². The van der Waals surface area contributed by atoms with Crippen molar-refractivity contribution >= 4 is 12.0 Å². The second-order valence-corrected chi connectivity index (χ2v) is 6.90. The summed E-state index contributed by atoms with van der Waals surface area (Å²) in [6.45, 7) is 1.06. The van der Waals surface area contributed by atoms with Crippen LogP contribution in [0.5, 0.6) is 5.75 Å². The number of nitrogens with one attached hydrogen (secondary N) is 2. The number of piperidine rings is 1. The third kappa shape index (κ3) is 4.01. The minimum absolute atomic E-state index is 0.114. The van der Waals surface area contributed by atoms with Gasteiger partial charge < -0.3 is 15.4 Å². The molecule has 2 N–H and O–H groups in total. The van der Waals surface area contributed by atoms with Gasteiger partial charge in [-0.25, -0.2) is 8.78 Å². The summed E-state index contributed by atoms with van der Waals surface area (Å²) in [5, 5.41) is 6.28. The van der Waals surface area contributed by atoms with Gasteiger partial charge in [0.25, 0.3) is 0 Å². The maximum atomic E-state index is 13.6. The Kier molecular flexibility index (Phi) is 4.90. The molecule has 27 heavy (non-hydrogen) atoms. The van der Waals surface area contributed by atoms with E-state index in [1.807, 2.05) is 24.3 Å². The smallest absolute Gasteiger partial charge is 0.220 e. The molecule has 6 heteroatoms. The Hall–Kier alpha value is -2.73. The molecule has 0 aliphatic carbocycles. The topological polar surface area (TPSA) is 50.4 Å². The summed E-state index contributed by atoms with van der Waals surface area (Å²) in [6.07, 6.45) is 3.06. The lowest BCUT2D eigenvalue weighted by molar-refractivity contribution is -0.123. The van der Waals surface area contributed by atoms with Crippen molar-refractivity contribution in [3.8, 4) is 5.75 Å². The first kappa shape index (κ1) is 17.7. The van der Waals surface area contributed by atoms with E-state index in [9.17, 15) is 13.6 Å². The molecular formula is C21H20F2N2O2. The maximum Gasteiger partial charge on any atom is 0.220 e. The van der Waals surface area contributed by atoms with E-state index in [0.717, 1.165) is 23.0 Å². The summed E-state index contributed by atoms with van der Waals surface area (Å²) in [7, 11) is 0. The van der Waals surface area contributed by atoms with Crippen LogP contribution < -0.4 is 15.4 Å². The molecule has 4 nitrogen and oxygen atoms in total. The van der Waals surface area contributed by atoms with Crippen LogP contribution in [0.2, 0.25) is 0 Å². The fraction of sp³-hybridized carbons (Fsp3) is 0.286. The second-order valence-electron chi connectivity index (χ2n) is 6.90. The number of amides is 1. The Labute approximate surface area is 156 Å². The summed E-state index contributed by atoms with van der Waals surface area (Å²) in [6, 6.07) is 10.6. The predicted molar refractivity (Wildman–Crippen MR) is 98.2 cm³/mol.